The molecule has 0 radical (unpaired) electrons. The van der Waals surface area contributed by atoms with E-state index in [0.717, 1.165) is 69.2 Å². The largest absolute Gasteiger partial charge is 1.00 e. The van der Waals surface area contributed by atoms with E-state index >= 15 is 0 Å². The summed E-state index contributed by atoms with van der Waals surface area (Å²) in [6, 6.07) is 23.0. The van der Waals surface area contributed by atoms with Crippen LogP contribution in [-0.2, 0) is 13.1 Å². The van der Waals surface area contributed by atoms with Gasteiger partial charge in [0.05, 0.1) is 41.3 Å². The van der Waals surface area contributed by atoms with Gasteiger partial charge in [-0.05, 0) is 12.1 Å². The Morgan fingerprint density at radius 1 is 0.575 bits per heavy atom. The van der Waals surface area contributed by atoms with Crippen LogP contribution in [0, 0.1) is 0 Å². The Kier molecular flexibility index (Phi) is 14.9. The minimum absolute atomic E-state index is 0. The monoisotopic (exact) mass is 624 g/mol. The van der Waals surface area contributed by atoms with Crippen LogP contribution in [0.2, 0.25) is 10.0 Å². The maximum Gasteiger partial charge on any atom is 0.163 e. The topological polar surface area (TPSA) is 34.1 Å². The summed E-state index contributed by atoms with van der Waals surface area (Å²) in [6.07, 6.45) is 2.55. The van der Waals surface area contributed by atoms with Gasteiger partial charge in [0, 0.05) is 58.0 Å². The van der Waals surface area contributed by atoms with Gasteiger partial charge in [0.15, 0.2) is 11.6 Å². The van der Waals surface area contributed by atoms with Crippen molar-refractivity contribution in [3.8, 4) is 0 Å². The van der Waals surface area contributed by atoms with Gasteiger partial charge in [-0.1, -0.05) is 83.9 Å². The molecule has 218 valence electrons. The van der Waals surface area contributed by atoms with Crippen LogP contribution in [0.3, 0.4) is 0 Å². The number of carbonyl (C=O) groups excluding carboxylic acids is 2. The first-order chi connectivity index (χ1) is 18.0. The number of carbonyl (C=O) groups is 2. The molecule has 0 saturated heterocycles. The summed E-state index contributed by atoms with van der Waals surface area (Å²) in [4.78, 5) is 25.5. The van der Waals surface area contributed by atoms with Crippen molar-refractivity contribution >= 4 is 34.8 Å². The van der Waals surface area contributed by atoms with Gasteiger partial charge < -0.3 is 33.8 Å². The molecule has 0 aliphatic rings. The molecule has 0 saturated carbocycles. The Morgan fingerprint density at radius 2 is 0.900 bits per heavy atom. The maximum atomic E-state index is 12.8. The zero-order valence-electron chi connectivity index (χ0n) is 23.8. The first-order valence-electron chi connectivity index (χ1n) is 13.2. The summed E-state index contributed by atoms with van der Waals surface area (Å²) in [5.41, 5.74) is 3.56. The molecule has 0 aromatic heterocycles. The number of ketones is 2. The van der Waals surface area contributed by atoms with Crippen molar-refractivity contribution in [3.63, 3.8) is 0 Å². The highest BCUT2D eigenvalue weighted by Crippen LogP contribution is 2.21. The molecule has 4 nitrogen and oxygen atoms in total. The van der Waals surface area contributed by atoms with Gasteiger partial charge in [-0.2, -0.15) is 0 Å². The molecule has 40 heavy (non-hydrogen) atoms. The van der Waals surface area contributed by atoms with Crippen molar-refractivity contribution < 1.29 is 43.4 Å². The van der Waals surface area contributed by atoms with Gasteiger partial charge in [-0.25, -0.2) is 0 Å². The lowest BCUT2D eigenvalue weighted by Crippen LogP contribution is -3.00. The lowest BCUT2D eigenvalue weighted by atomic mass is 10.0. The van der Waals surface area contributed by atoms with Crippen molar-refractivity contribution in [2.75, 3.05) is 41.3 Å². The first kappa shape index (κ1) is 36.1. The summed E-state index contributed by atoms with van der Waals surface area (Å²) in [5, 5.41) is 1.56. The van der Waals surface area contributed by atoms with E-state index < -0.39 is 0 Å². The third-order valence-electron chi connectivity index (χ3n) is 6.98. The van der Waals surface area contributed by atoms with Crippen LogP contribution in [-0.4, -0.2) is 61.8 Å². The Hall–Kier alpha value is -1.92. The third-order valence-corrected chi connectivity index (χ3v) is 7.71. The average Bonchev–Trinajstić information content (AvgIpc) is 2.86. The second kappa shape index (κ2) is 16.5. The molecule has 3 aromatic rings. The number of nitrogens with zero attached hydrogens (tertiary/aromatic N) is 2. The molecular weight excluding hydrogens is 586 g/mol. The number of hydrogen-bond donors (Lipinski definition) is 0. The van der Waals surface area contributed by atoms with E-state index in [0.29, 0.717) is 24.0 Å². The molecule has 3 aromatic carbocycles. The van der Waals surface area contributed by atoms with Crippen LogP contribution in [0.1, 0.15) is 57.5 Å². The smallest absolute Gasteiger partial charge is 0.163 e. The normalized spacial score (nSPS) is 11.3. The van der Waals surface area contributed by atoms with Crippen molar-refractivity contribution in [2.45, 2.75) is 38.8 Å². The van der Waals surface area contributed by atoms with E-state index in [1.165, 1.54) is 0 Å². The molecule has 0 fully saturated rings. The van der Waals surface area contributed by atoms with E-state index in [4.69, 9.17) is 23.2 Å². The van der Waals surface area contributed by atoms with Crippen LogP contribution < -0.4 is 24.8 Å². The maximum absolute atomic E-state index is 12.8. The lowest BCUT2D eigenvalue weighted by molar-refractivity contribution is -0.903. The highest BCUT2D eigenvalue weighted by Gasteiger charge is 2.20. The van der Waals surface area contributed by atoms with Gasteiger partial charge in [0.2, 0.25) is 0 Å². The molecule has 0 unspecified atom stereocenters. The Morgan fingerprint density at radius 3 is 1.23 bits per heavy atom. The standard InChI is InChI=1S/C32H40Cl2N2O2.2ClH/c1-35(2,23-27-11-5-7-13-29(27)33)21-9-15-31(37)25-17-19-26(20-18-25)32(38)16-10-22-36(3,4)24-28-12-6-8-14-30(28)34;;/h5-8,11-14,17-20H,9-10,15-16,21-24H2,1-4H3;2*1H/q+2;;/p-2. The molecule has 0 N–H and O–H groups in total. The van der Waals surface area contributed by atoms with E-state index in [1.54, 1.807) is 24.3 Å². The Bertz CT molecular complexity index is 1150. The summed E-state index contributed by atoms with van der Waals surface area (Å²) >= 11 is 12.6. The number of hydrogen-bond acceptors (Lipinski definition) is 2. The van der Waals surface area contributed by atoms with E-state index in [2.05, 4.69) is 40.3 Å². The van der Waals surface area contributed by atoms with Crippen LogP contribution >= 0.6 is 23.2 Å². The minimum atomic E-state index is 0. The number of halogens is 4. The summed E-state index contributed by atoms with van der Waals surface area (Å²) in [7, 11) is 8.63. The number of rotatable bonds is 14. The molecule has 0 amide bonds. The SMILES string of the molecule is C[N+](C)(CCCC(=O)c1ccc(C(=O)CCC[N+](C)(C)Cc2ccccc2Cl)cc1)Cc1ccccc1Cl.[Cl-].[Cl-]. The third kappa shape index (κ3) is 11.5. The van der Waals surface area contributed by atoms with E-state index in [9.17, 15) is 9.59 Å². The molecule has 0 spiro atoms. The Labute approximate surface area is 262 Å². The van der Waals surface area contributed by atoms with Gasteiger partial charge in [-0.3, -0.25) is 9.59 Å². The molecule has 0 heterocycles. The number of quaternary nitrogens is 2. The highest BCUT2D eigenvalue weighted by atomic mass is 35.5. The van der Waals surface area contributed by atoms with Crippen LogP contribution in [0.25, 0.3) is 0 Å². The fourth-order valence-electron chi connectivity index (χ4n) is 4.80. The van der Waals surface area contributed by atoms with E-state index in [-0.39, 0.29) is 36.4 Å². The van der Waals surface area contributed by atoms with Crippen LogP contribution in [0.5, 0.6) is 0 Å². The summed E-state index contributed by atoms with van der Waals surface area (Å²) in [5.74, 6) is 0.223. The zero-order valence-corrected chi connectivity index (χ0v) is 26.8. The Balaban J connectivity index is 0.00000400. The van der Waals surface area contributed by atoms with Gasteiger partial charge in [0.1, 0.15) is 13.1 Å². The molecule has 0 aliphatic heterocycles. The van der Waals surface area contributed by atoms with Crippen molar-refractivity contribution in [3.05, 3.63) is 105 Å². The highest BCUT2D eigenvalue weighted by molar-refractivity contribution is 6.31. The van der Waals surface area contributed by atoms with Gasteiger partial charge >= 0.3 is 0 Å². The zero-order chi connectivity index (χ0) is 27.8. The van der Waals surface area contributed by atoms with Crippen molar-refractivity contribution in [2.24, 2.45) is 0 Å². The predicted molar refractivity (Wildman–Crippen MR) is 158 cm³/mol. The molecule has 0 atom stereocenters. The lowest BCUT2D eigenvalue weighted by Gasteiger charge is -2.30. The predicted octanol–water partition coefficient (Wildman–Crippen LogP) is 1.48. The number of Topliss-reactive ketones (excluding diaryl/α,β-unsaturated/α-hetero) is 2. The first-order valence-corrected chi connectivity index (χ1v) is 14.0. The fraction of sp³-hybridized carbons (Fsp3) is 0.375. The summed E-state index contributed by atoms with van der Waals surface area (Å²) < 4.78 is 1.52. The quantitative estimate of drug-likeness (QED) is 0.201. The van der Waals surface area contributed by atoms with Crippen molar-refractivity contribution in [1.29, 1.82) is 0 Å². The molecule has 8 heteroatoms. The van der Waals surface area contributed by atoms with E-state index in [1.807, 2.05) is 36.4 Å². The van der Waals surface area contributed by atoms with Crippen molar-refractivity contribution in [1.82, 2.24) is 0 Å². The van der Waals surface area contributed by atoms with Gasteiger partial charge in [-0.15, -0.1) is 0 Å². The van der Waals surface area contributed by atoms with Gasteiger partial charge in [0.25, 0.3) is 0 Å². The molecule has 3 rings (SSSR count). The fourth-order valence-corrected chi connectivity index (χ4v) is 5.19. The number of benzene rings is 3. The minimum Gasteiger partial charge on any atom is -1.00 e. The molecule has 0 aliphatic carbocycles. The average molecular weight is 626 g/mol. The molecule has 0 bridgehead atoms. The summed E-state index contributed by atoms with van der Waals surface area (Å²) in [6.45, 7) is 3.39. The van der Waals surface area contributed by atoms with Crippen LogP contribution in [0.4, 0.5) is 0 Å². The second-order valence-electron chi connectivity index (χ2n) is 11.4. The van der Waals surface area contributed by atoms with Crippen LogP contribution in [0.15, 0.2) is 72.8 Å². The molecular formula is C32H40Cl4N2O2. The second-order valence-corrected chi connectivity index (χ2v) is 12.3.